The maximum atomic E-state index is 13.3. The Hall–Kier alpha value is -2.90. The van der Waals surface area contributed by atoms with E-state index in [4.69, 9.17) is 21.8 Å². The van der Waals surface area contributed by atoms with Crippen molar-refractivity contribution in [1.82, 2.24) is 20.0 Å². The van der Waals surface area contributed by atoms with E-state index >= 15 is 0 Å². The first-order valence-corrected chi connectivity index (χ1v) is 11.3. The summed E-state index contributed by atoms with van der Waals surface area (Å²) >= 11 is 6.03. The van der Waals surface area contributed by atoms with Crippen LogP contribution in [0.25, 0.3) is 10.8 Å². The number of hydrogen-bond acceptors (Lipinski definition) is 4. The van der Waals surface area contributed by atoms with E-state index in [9.17, 15) is 9.59 Å². The van der Waals surface area contributed by atoms with Crippen LogP contribution in [0.1, 0.15) is 36.6 Å². The van der Waals surface area contributed by atoms with Crippen LogP contribution in [0.5, 0.6) is 0 Å². The van der Waals surface area contributed by atoms with Crippen molar-refractivity contribution in [2.24, 2.45) is 0 Å². The van der Waals surface area contributed by atoms with Gasteiger partial charge in [0.05, 0.1) is 17.1 Å². The highest BCUT2D eigenvalue weighted by molar-refractivity contribution is 6.30. The van der Waals surface area contributed by atoms with E-state index in [1.807, 2.05) is 48.5 Å². The molecule has 2 heterocycles. The lowest BCUT2D eigenvalue weighted by molar-refractivity contribution is 0.191. The number of fused-ring (bicyclic) bond motifs is 1. The summed E-state index contributed by atoms with van der Waals surface area (Å²) in [7, 11) is 0. The summed E-state index contributed by atoms with van der Waals surface area (Å²) in [5.74, 6) is 0. The van der Waals surface area contributed by atoms with E-state index < -0.39 is 6.09 Å². The van der Waals surface area contributed by atoms with E-state index in [0.717, 1.165) is 49.0 Å². The molecular weight excluding hydrogens is 428 g/mol. The fourth-order valence-corrected chi connectivity index (χ4v) is 4.50. The molecule has 0 saturated carbocycles. The predicted molar refractivity (Wildman–Crippen MR) is 126 cm³/mol. The van der Waals surface area contributed by atoms with Crippen molar-refractivity contribution in [2.45, 2.75) is 31.7 Å². The average Bonchev–Trinajstić information content (AvgIpc) is 3.03. The van der Waals surface area contributed by atoms with Crippen LogP contribution in [0.3, 0.4) is 0 Å². The molecule has 168 valence electrons. The van der Waals surface area contributed by atoms with E-state index in [1.54, 1.807) is 4.68 Å². The fraction of sp³-hybridized carbons (Fsp3) is 0.375. The van der Waals surface area contributed by atoms with E-state index in [-0.39, 0.29) is 11.6 Å². The number of carbonyl (C=O) groups is 1. The minimum Gasteiger partial charge on any atom is -0.465 e. The standard InChI is InChI=1S/C24H27ClN4O3/c25-18-9-7-17(8-10-18)16-22-20-5-1-2-6-21(20)23(30)29(27-22)19-4-3-13-28(14-11-19)15-12-26-24(31)32/h1-2,5-10,19,26H,3-4,11-16H2,(H,31,32). The van der Waals surface area contributed by atoms with Gasteiger partial charge in [-0.25, -0.2) is 9.48 Å². The number of aromatic nitrogens is 2. The second-order valence-corrected chi connectivity index (χ2v) is 8.64. The van der Waals surface area contributed by atoms with Crippen LogP contribution in [0.15, 0.2) is 53.3 Å². The molecular formula is C24H27ClN4O3. The highest BCUT2D eigenvalue weighted by Gasteiger charge is 2.22. The summed E-state index contributed by atoms with van der Waals surface area (Å²) in [6.07, 6.45) is 2.23. The number of rotatable bonds is 6. The zero-order valence-corrected chi connectivity index (χ0v) is 18.6. The number of likely N-dealkylation sites (tertiary alicyclic amines) is 1. The van der Waals surface area contributed by atoms with Gasteiger partial charge in [0.2, 0.25) is 0 Å². The van der Waals surface area contributed by atoms with Crippen LogP contribution in [-0.4, -0.2) is 52.1 Å². The first kappa shape index (κ1) is 22.3. The first-order valence-electron chi connectivity index (χ1n) is 11.0. The molecule has 2 N–H and O–H groups in total. The summed E-state index contributed by atoms with van der Waals surface area (Å²) < 4.78 is 1.69. The second-order valence-electron chi connectivity index (χ2n) is 8.20. The zero-order valence-electron chi connectivity index (χ0n) is 17.8. The molecule has 4 rings (SSSR count). The lowest BCUT2D eigenvalue weighted by atomic mass is 10.0. The van der Waals surface area contributed by atoms with E-state index in [0.29, 0.717) is 29.9 Å². The van der Waals surface area contributed by atoms with Crippen molar-refractivity contribution < 1.29 is 9.90 Å². The summed E-state index contributed by atoms with van der Waals surface area (Å²) in [5.41, 5.74) is 1.93. The Morgan fingerprint density at radius 2 is 1.84 bits per heavy atom. The number of benzene rings is 2. The van der Waals surface area contributed by atoms with Gasteiger partial charge >= 0.3 is 6.09 Å². The number of carboxylic acid groups (broad SMARTS) is 1. The minimum atomic E-state index is -1.00. The summed E-state index contributed by atoms with van der Waals surface area (Å²) in [4.78, 5) is 26.2. The number of amides is 1. The lowest BCUT2D eigenvalue weighted by Crippen LogP contribution is -2.35. The molecule has 7 nitrogen and oxygen atoms in total. The van der Waals surface area contributed by atoms with Crippen LogP contribution in [0, 0.1) is 0 Å². The third-order valence-corrected chi connectivity index (χ3v) is 6.28. The fourth-order valence-electron chi connectivity index (χ4n) is 4.38. The highest BCUT2D eigenvalue weighted by atomic mass is 35.5. The molecule has 1 unspecified atom stereocenters. The molecule has 1 aliphatic rings. The molecule has 1 saturated heterocycles. The third-order valence-electron chi connectivity index (χ3n) is 6.03. The smallest absolute Gasteiger partial charge is 0.404 e. The lowest BCUT2D eigenvalue weighted by Gasteiger charge is -2.21. The van der Waals surface area contributed by atoms with Crippen LogP contribution >= 0.6 is 11.6 Å². The van der Waals surface area contributed by atoms with Gasteiger partial charge in [-0.15, -0.1) is 0 Å². The molecule has 8 heteroatoms. The Labute approximate surface area is 191 Å². The number of nitrogens with zero attached hydrogens (tertiary/aromatic N) is 3. The Morgan fingerprint density at radius 1 is 1.09 bits per heavy atom. The maximum absolute atomic E-state index is 13.3. The topological polar surface area (TPSA) is 87.5 Å². The molecule has 1 aliphatic heterocycles. The van der Waals surface area contributed by atoms with Crippen molar-refractivity contribution in [3.8, 4) is 0 Å². The van der Waals surface area contributed by atoms with Crippen LogP contribution in [0.2, 0.25) is 5.02 Å². The van der Waals surface area contributed by atoms with E-state index in [2.05, 4.69) is 10.2 Å². The third kappa shape index (κ3) is 5.29. The number of nitrogens with one attached hydrogen (secondary N) is 1. The largest absolute Gasteiger partial charge is 0.465 e. The summed E-state index contributed by atoms with van der Waals surface area (Å²) in [5, 5.41) is 18.3. The molecule has 1 aromatic heterocycles. The maximum Gasteiger partial charge on any atom is 0.404 e. The van der Waals surface area contributed by atoms with Crippen molar-refractivity contribution in [3.63, 3.8) is 0 Å². The minimum absolute atomic E-state index is 0.0218. The molecule has 2 aromatic carbocycles. The normalized spacial score (nSPS) is 17.2. The molecule has 1 atom stereocenters. The molecule has 0 radical (unpaired) electrons. The number of halogens is 1. The molecule has 0 aliphatic carbocycles. The molecule has 0 bridgehead atoms. The average molecular weight is 455 g/mol. The Bertz CT molecular complexity index is 1150. The predicted octanol–water partition coefficient (Wildman–Crippen LogP) is 3.94. The zero-order chi connectivity index (χ0) is 22.5. The summed E-state index contributed by atoms with van der Waals surface area (Å²) in [6, 6.07) is 15.4. The summed E-state index contributed by atoms with van der Waals surface area (Å²) in [6.45, 7) is 2.76. The molecule has 32 heavy (non-hydrogen) atoms. The molecule has 0 spiro atoms. The number of hydrogen-bond donors (Lipinski definition) is 2. The van der Waals surface area contributed by atoms with Crippen LogP contribution < -0.4 is 10.9 Å². The van der Waals surface area contributed by atoms with Gasteiger partial charge in [-0.2, -0.15) is 5.10 Å². The van der Waals surface area contributed by atoms with Gasteiger partial charge in [0.15, 0.2) is 0 Å². The van der Waals surface area contributed by atoms with Crippen molar-refractivity contribution >= 4 is 28.5 Å². The Morgan fingerprint density at radius 3 is 2.59 bits per heavy atom. The first-order chi connectivity index (χ1) is 15.5. The van der Waals surface area contributed by atoms with Gasteiger partial charge in [0.25, 0.3) is 5.56 Å². The molecule has 1 fully saturated rings. The monoisotopic (exact) mass is 454 g/mol. The van der Waals surface area contributed by atoms with Crippen molar-refractivity contribution in [1.29, 1.82) is 0 Å². The van der Waals surface area contributed by atoms with Crippen molar-refractivity contribution in [2.75, 3.05) is 26.2 Å². The Kier molecular flexibility index (Phi) is 7.07. The van der Waals surface area contributed by atoms with Gasteiger partial charge in [0.1, 0.15) is 0 Å². The highest BCUT2D eigenvalue weighted by Crippen LogP contribution is 2.24. The van der Waals surface area contributed by atoms with Gasteiger partial charge in [-0.3, -0.25) is 4.79 Å². The van der Waals surface area contributed by atoms with Gasteiger partial charge in [-0.1, -0.05) is 41.9 Å². The van der Waals surface area contributed by atoms with Crippen molar-refractivity contribution in [3.05, 3.63) is 75.2 Å². The van der Waals surface area contributed by atoms with Gasteiger partial charge < -0.3 is 15.3 Å². The van der Waals surface area contributed by atoms with E-state index in [1.165, 1.54) is 0 Å². The molecule has 1 amide bonds. The Balaban J connectivity index is 1.59. The quantitative estimate of drug-likeness (QED) is 0.589. The van der Waals surface area contributed by atoms with Crippen LogP contribution in [-0.2, 0) is 6.42 Å². The second kappa shape index (κ2) is 10.1. The van der Waals surface area contributed by atoms with Gasteiger partial charge in [0, 0.05) is 36.5 Å². The van der Waals surface area contributed by atoms with Gasteiger partial charge in [-0.05, 0) is 49.6 Å². The SMILES string of the molecule is O=C(O)NCCN1CCCC(n2nc(Cc3ccc(Cl)cc3)c3ccccc3c2=O)CC1. The van der Waals surface area contributed by atoms with Crippen LogP contribution in [0.4, 0.5) is 4.79 Å². The molecule has 3 aromatic rings.